The van der Waals surface area contributed by atoms with Gasteiger partial charge in [0, 0.05) is 43.5 Å². The molecule has 1 aromatic carbocycles. The van der Waals surface area contributed by atoms with E-state index in [4.69, 9.17) is 4.74 Å². The van der Waals surface area contributed by atoms with Crippen LogP contribution in [-0.4, -0.2) is 59.5 Å². The summed E-state index contributed by atoms with van der Waals surface area (Å²) in [5.74, 6) is 0.572. The van der Waals surface area contributed by atoms with Crippen molar-refractivity contribution in [2.24, 2.45) is 0 Å². The summed E-state index contributed by atoms with van der Waals surface area (Å²) >= 11 is 0. The number of aromatic amines is 1. The third-order valence-corrected chi connectivity index (χ3v) is 4.68. The van der Waals surface area contributed by atoms with Gasteiger partial charge in [-0.3, -0.25) is 10.00 Å². The number of hydrogen-bond donors (Lipinski definition) is 2. The average molecular weight is 367 g/mol. The Morgan fingerprint density at radius 3 is 2.74 bits per heavy atom. The molecule has 0 amide bonds. The third kappa shape index (κ3) is 4.32. The lowest BCUT2D eigenvalue weighted by atomic mass is 10.0. The van der Waals surface area contributed by atoms with E-state index in [-0.39, 0.29) is 5.82 Å². The smallest absolute Gasteiger partial charge is 0.126 e. The minimum atomic E-state index is -0.254. The van der Waals surface area contributed by atoms with E-state index in [1.54, 1.807) is 24.5 Å². The molecule has 1 aliphatic rings. The Bertz CT molecular complexity index is 874. The van der Waals surface area contributed by atoms with Gasteiger partial charge in [-0.25, -0.2) is 9.37 Å². The molecule has 140 valence electrons. The molecule has 27 heavy (non-hydrogen) atoms. The van der Waals surface area contributed by atoms with E-state index in [0.29, 0.717) is 0 Å². The van der Waals surface area contributed by atoms with Gasteiger partial charge in [-0.2, -0.15) is 5.10 Å². The zero-order valence-corrected chi connectivity index (χ0v) is 15.0. The van der Waals surface area contributed by atoms with Crippen molar-refractivity contribution in [2.45, 2.75) is 0 Å². The van der Waals surface area contributed by atoms with Crippen molar-refractivity contribution >= 4 is 5.82 Å². The van der Waals surface area contributed by atoms with Crippen molar-refractivity contribution in [2.75, 3.05) is 44.7 Å². The molecular formula is C20H22FN5O. The fourth-order valence-corrected chi connectivity index (χ4v) is 3.20. The van der Waals surface area contributed by atoms with E-state index >= 15 is 0 Å². The summed E-state index contributed by atoms with van der Waals surface area (Å²) in [6.07, 6.45) is 3.57. The second-order valence-electron chi connectivity index (χ2n) is 6.48. The van der Waals surface area contributed by atoms with Crippen LogP contribution in [0, 0.1) is 5.82 Å². The maximum Gasteiger partial charge on any atom is 0.126 e. The number of pyridine rings is 1. The maximum atomic E-state index is 13.2. The first-order valence-corrected chi connectivity index (χ1v) is 9.09. The van der Waals surface area contributed by atoms with Crippen molar-refractivity contribution in [1.82, 2.24) is 20.1 Å². The summed E-state index contributed by atoms with van der Waals surface area (Å²) in [7, 11) is 0. The van der Waals surface area contributed by atoms with Crippen LogP contribution >= 0.6 is 0 Å². The van der Waals surface area contributed by atoms with Crippen molar-refractivity contribution < 1.29 is 9.13 Å². The Labute approximate surface area is 157 Å². The number of ether oxygens (including phenoxy) is 1. The minimum absolute atomic E-state index is 0.254. The minimum Gasteiger partial charge on any atom is -0.379 e. The Morgan fingerprint density at radius 2 is 1.93 bits per heavy atom. The molecule has 0 aliphatic carbocycles. The molecule has 0 unspecified atom stereocenters. The fourth-order valence-electron chi connectivity index (χ4n) is 3.20. The van der Waals surface area contributed by atoms with Crippen molar-refractivity contribution in [3.63, 3.8) is 0 Å². The first-order chi connectivity index (χ1) is 13.3. The lowest BCUT2D eigenvalue weighted by molar-refractivity contribution is 0.0398. The molecule has 0 bridgehead atoms. The predicted octanol–water partition coefficient (Wildman–Crippen LogP) is 3.02. The molecule has 1 fully saturated rings. The zero-order valence-electron chi connectivity index (χ0n) is 15.0. The highest BCUT2D eigenvalue weighted by atomic mass is 19.1. The number of hydrogen-bond acceptors (Lipinski definition) is 5. The number of H-pyrrole nitrogens is 1. The molecule has 3 aromatic rings. The third-order valence-electron chi connectivity index (χ3n) is 4.68. The largest absolute Gasteiger partial charge is 0.379 e. The number of anilines is 1. The molecule has 2 aromatic heterocycles. The summed E-state index contributed by atoms with van der Waals surface area (Å²) in [5.41, 5.74) is 3.72. The van der Waals surface area contributed by atoms with E-state index in [1.807, 2.05) is 12.1 Å². The first-order valence-electron chi connectivity index (χ1n) is 9.09. The fraction of sp³-hybridized carbons (Fsp3) is 0.300. The van der Waals surface area contributed by atoms with Crippen LogP contribution in [-0.2, 0) is 4.74 Å². The average Bonchev–Trinajstić information content (AvgIpc) is 3.20. The lowest BCUT2D eigenvalue weighted by Crippen LogP contribution is -2.39. The molecule has 1 aliphatic heterocycles. The Balaban J connectivity index is 1.46. The SMILES string of the molecule is Fc1ccc(-c2[nH]ncc2-c2ccnc(NCCN3CCOCC3)c2)cc1. The number of halogens is 1. The Kier molecular flexibility index (Phi) is 5.41. The highest BCUT2D eigenvalue weighted by Crippen LogP contribution is 2.30. The molecule has 0 spiro atoms. The second kappa shape index (κ2) is 8.28. The first kappa shape index (κ1) is 17.6. The highest BCUT2D eigenvalue weighted by Gasteiger charge is 2.12. The molecule has 4 rings (SSSR count). The Morgan fingerprint density at radius 1 is 1.11 bits per heavy atom. The van der Waals surface area contributed by atoms with Gasteiger partial charge in [-0.15, -0.1) is 0 Å². The van der Waals surface area contributed by atoms with E-state index in [9.17, 15) is 4.39 Å². The van der Waals surface area contributed by atoms with E-state index in [1.165, 1.54) is 12.1 Å². The Hall–Kier alpha value is -2.77. The summed E-state index contributed by atoms with van der Waals surface area (Å²) in [6, 6.07) is 10.3. The van der Waals surface area contributed by atoms with Gasteiger partial charge in [0.05, 0.1) is 25.1 Å². The molecule has 0 radical (unpaired) electrons. The zero-order chi connectivity index (χ0) is 18.5. The maximum absolute atomic E-state index is 13.2. The quantitative estimate of drug-likeness (QED) is 0.701. The number of nitrogens with one attached hydrogen (secondary N) is 2. The molecular weight excluding hydrogens is 345 g/mol. The molecule has 2 N–H and O–H groups in total. The number of aromatic nitrogens is 3. The highest BCUT2D eigenvalue weighted by molar-refractivity contribution is 5.81. The normalized spacial score (nSPS) is 15.0. The molecule has 7 heteroatoms. The van der Waals surface area contributed by atoms with Crippen LogP contribution in [0.4, 0.5) is 10.2 Å². The van der Waals surface area contributed by atoms with Crippen LogP contribution < -0.4 is 5.32 Å². The molecule has 6 nitrogen and oxygen atoms in total. The van der Waals surface area contributed by atoms with Crippen LogP contribution in [0.2, 0.25) is 0 Å². The number of nitrogens with zero attached hydrogens (tertiary/aromatic N) is 3. The summed E-state index contributed by atoms with van der Waals surface area (Å²) in [4.78, 5) is 6.79. The van der Waals surface area contributed by atoms with Crippen molar-refractivity contribution in [3.8, 4) is 22.4 Å². The van der Waals surface area contributed by atoms with Gasteiger partial charge >= 0.3 is 0 Å². The van der Waals surface area contributed by atoms with Gasteiger partial charge in [0.1, 0.15) is 11.6 Å². The van der Waals surface area contributed by atoms with E-state index < -0.39 is 0 Å². The van der Waals surface area contributed by atoms with Gasteiger partial charge in [0.15, 0.2) is 0 Å². The van der Waals surface area contributed by atoms with Crippen molar-refractivity contribution in [3.05, 3.63) is 54.6 Å². The van der Waals surface area contributed by atoms with Crippen LogP contribution in [0.5, 0.6) is 0 Å². The topological polar surface area (TPSA) is 66.1 Å². The molecule has 0 atom stereocenters. The second-order valence-corrected chi connectivity index (χ2v) is 6.48. The van der Waals surface area contributed by atoms with Gasteiger partial charge < -0.3 is 10.1 Å². The van der Waals surface area contributed by atoms with Crippen LogP contribution in [0.3, 0.4) is 0 Å². The summed E-state index contributed by atoms with van der Waals surface area (Å²) in [5, 5.41) is 10.6. The summed E-state index contributed by atoms with van der Waals surface area (Å²) < 4.78 is 18.6. The summed E-state index contributed by atoms with van der Waals surface area (Å²) in [6.45, 7) is 5.35. The predicted molar refractivity (Wildman–Crippen MR) is 103 cm³/mol. The monoisotopic (exact) mass is 367 g/mol. The van der Waals surface area contributed by atoms with Crippen LogP contribution in [0.25, 0.3) is 22.4 Å². The van der Waals surface area contributed by atoms with E-state index in [2.05, 4.69) is 25.4 Å². The molecule has 1 saturated heterocycles. The van der Waals surface area contributed by atoms with Crippen LogP contribution in [0.1, 0.15) is 0 Å². The van der Waals surface area contributed by atoms with E-state index in [0.717, 1.165) is 67.6 Å². The van der Waals surface area contributed by atoms with Crippen molar-refractivity contribution in [1.29, 1.82) is 0 Å². The van der Waals surface area contributed by atoms with Gasteiger partial charge in [-0.1, -0.05) is 0 Å². The standard InChI is InChI=1S/C20H22FN5O/c21-17-3-1-15(2-4-17)20-18(14-24-25-20)16-5-6-22-19(13-16)23-7-8-26-9-11-27-12-10-26/h1-6,13-14H,7-12H2,(H,22,23)(H,24,25). The number of benzene rings is 1. The molecule has 3 heterocycles. The van der Waals surface area contributed by atoms with Gasteiger partial charge in [-0.05, 0) is 42.0 Å². The van der Waals surface area contributed by atoms with Crippen LogP contribution in [0.15, 0.2) is 48.8 Å². The molecule has 0 saturated carbocycles. The van der Waals surface area contributed by atoms with Gasteiger partial charge in [0.25, 0.3) is 0 Å². The number of morpholine rings is 1. The van der Waals surface area contributed by atoms with Gasteiger partial charge in [0.2, 0.25) is 0 Å². The number of rotatable bonds is 6. The lowest BCUT2D eigenvalue weighted by Gasteiger charge is -2.26.